The maximum atomic E-state index is 13.6. The first-order valence-electron chi connectivity index (χ1n) is 9.79. The third-order valence-corrected chi connectivity index (χ3v) is 6.80. The second kappa shape index (κ2) is 5.41. The van der Waals surface area contributed by atoms with Gasteiger partial charge in [-0.2, -0.15) is 0 Å². The summed E-state index contributed by atoms with van der Waals surface area (Å²) in [6.45, 7) is 1.95. The highest BCUT2D eigenvalue weighted by Gasteiger charge is 2.61. The zero-order chi connectivity index (χ0) is 19.0. The summed E-state index contributed by atoms with van der Waals surface area (Å²) in [5.41, 5.74) is 6.51. The number of para-hydroxylation sites is 1. The second-order valence-electron chi connectivity index (χ2n) is 8.06. The molecule has 136 valence electrons. The molecule has 0 N–H and O–H groups in total. The van der Waals surface area contributed by atoms with Crippen molar-refractivity contribution in [3.63, 3.8) is 0 Å². The summed E-state index contributed by atoms with van der Waals surface area (Å²) in [5.74, 6) is -0.837. The Bertz CT molecular complexity index is 1050. The molecule has 1 aliphatic heterocycles. The Hall–Kier alpha value is -3.20. The molecule has 0 radical (unpaired) electrons. The Labute approximate surface area is 163 Å². The van der Waals surface area contributed by atoms with Crippen LogP contribution in [0.1, 0.15) is 39.7 Å². The number of nitrogens with zero attached hydrogens (tertiary/aromatic N) is 1. The van der Waals surface area contributed by atoms with Gasteiger partial charge in [-0.1, -0.05) is 66.7 Å². The molecule has 3 aromatic carbocycles. The average Bonchev–Trinajstić information content (AvgIpc) is 2.99. The van der Waals surface area contributed by atoms with Crippen LogP contribution in [0.3, 0.4) is 0 Å². The van der Waals surface area contributed by atoms with Gasteiger partial charge in [0.05, 0.1) is 17.5 Å². The zero-order valence-electron chi connectivity index (χ0n) is 15.5. The Morgan fingerprint density at radius 3 is 1.43 bits per heavy atom. The summed E-state index contributed by atoms with van der Waals surface area (Å²) in [4.78, 5) is 28.7. The molecule has 0 aromatic heterocycles. The lowest BCUT2D eigenvalue weighted by Crippen LogP contribution is -2.41. The van der Waals surface area contributed by atoms with E-state index in [1.807, 2.05) is 55.5 Å². The number of anilines is 1. The summed E-state index contributed by atoms with van der Waals surface area (Å²) in [5, 5.41) is 0. The van der Waals surface area contributed by atoms with E-state index in [2.05, 4.69) is 24.3 Å². The van der Waals surface area contributed by atoms with Crippen molar-refractivity contribution < 1.29 is 9.59 Å². The molecule has 3 heteroatoms. The fourth-order valence-corrected chi connectivity index (χ4v) is 5.73. The smallest absolute Gasteiger partial charge is 0.238 e. The molecule has 2 amide bonds. The maximum Gasteiger partial charge on any atom is 0.238 e. The molecule has 1 heterocycles. The summed E-state index contributed by atoms with van der Waals surface area (Å²) < 4.78 is 0. The first-order valence-corrected chi connectivity index (χ1v) is 9.79. The Morgan fingerprint density at radius 2 is 1.00 bits per heavy atom. The van der Waals surface area contributed by atoms with Crippen LogP contribution in [0, 0.1) is 18.8 Å². The number of amides is 2. The van der Waals surface area contributed by atoms with E-state index in [1.54, 1.807) is 0 Å². The first-order chi connectivity index (χ1) is 13.7. The normalized spacial score (nSPS) is 26.8. The fraction of sp³-hybridized carbons (Fsp3) is 0.200. The quantitative estimate of drug-likeness (QED) is 0.600. The Balaban J connectivity index is 1.59. The molecular weight excluding hydrogens is 346 g/mol. The summed E-state index contributed by atoms with van der Waals surface area (Å²) in [7, 11) is 0. The van der Waals surface area contributed by atoms with Crippen molar-refractivity contribution in [3.05, 3.63) is 101 Å². The van der Waals surface area contributed by atoms with E-state index < -0.39 is 0 Å². The number of aryl methyl sites for hydroxylation is 1. The number of imide groups is 1. The number of carbonyl (C=O) groups is 2. The lowest BCUT2D eigenvalue weighted by molar-refractivity contribution is -0.122. The second-order valence-corrected chi connectivity index (χ2v) is 8.06. The number of hydrogen-bond donors (Lipinski definition) is 0. The largest absolute Gasteiger partial charge is 0.274 e. The monoisotopic (exact) mass is 365 g/mol. The van der Waals surface area contributed by atoms with E-state index in [4.69, 9.17) is 0 Å². The lowest BCUT2D eigenvalue weighted by atomic mass is 9.55. The van der Waals surface area contributed by atoms with E-state index in [0.29, 0.717) is 0 Å². The number of hydrogen-bond acceptors (Lipinski definition) is 2. The van der Waals surface area contributed by atoms with Gasteiger partial charge >= 0.3 is 0 Å². The van der Waals surface area contributed by atoms with Crippen LogP contribution in [0.5, 0.6) is 0 Å². The van der Waals surface area contributed by atoms with E-state index >= 15 is 0 Å². The molecule has 4 aliphatic rings. The molecule has 0 unspecified atom stereocenters. The van der Waals surface area contributed by atoms with Crippen LogP contribution >= 0.6 is 0 Å². The van der Waals surface area contributed by atoms with Crippen molar-refractivity contribution in [3.8, 4) is 0 Å². The predicted molar refractivity (Wildman–Crippen MR) is 107 cm³/mol. The highest BCUT2D eigenvalue weighted by atomic mass is 16.2. The van der Waals surface area contributed by atoms with Crippen LogP contribution in [-0.2, 0) is 9.59 Å². The van der Waals surface area contributed by atoms with Gasteiger partial charge in [0, 0.05) is 11.8 Å². The Morgan fingerprint density at radius 1 is 0.607 bits per heavy atom. The van der Waals surface area contributed by atoms with Crippen LogP contribution in [0.2, 0.25) is 0 Å². The van der Waals surface area contributed by atoms with E-state index in [9.17, 15) is 9.59 Å². The SMILES string of the molecule is Cc1ccccc1N1C(=O)[C@@H]2C3c4ccccc4C(c4ccccc43)[C@@H]2C1=O. The Kier molecular flexibility index (Phi) is 3.06. The van der Waals surface area contributed by atoms with Gasteiger partial charge in [0.25, 0.3) is 0 Å². The molecule has 2 bridgehead atoms. The minimum Gasteiger partial charge on any atom is -0.274 e. The molecule has 3 nitrogen and oxygen atoms in total. The number of rotatable bonds is 1. The van der Waals surface area contributed by atoms with E-state index in [1.165, 1.54) is 27.2 Å². The molecule has 7 rings (SSSR count). The summed E-state index contributed by atoms with van der Waals surface area (Å²) >= 11 is 0. The standard InChI is InChI=1S/C25H19NO2/c1-14-8-2-7-13-19(14)26-24(27)22-20-15-9-3-4-10-16(15)21(23(22)25(26)28)18-12-6-5-11-17(18)20/h2-13,20-23H,1H3/t20?,21?,22-,23+. The van der Waals surface area contributed by atoms with Gasteiger partial charge < -0.3 is 0 Å². The van der Waals surface area contributed by atoms with Crippen LogP contribution in [0.15, 0.2) is 72.8 Å². The van der Waals surface area contributed by atoms with E-state index in [-0.39, 0.29) is 35.5 Å². The topological polar surface area (TPSA) is 37.4 Å². The molecule has 0 saturated carbocycles. The van der Waals surface area contributed by atoms with Crippen molar-refractivity contribution in [2.45, 2.75) is 18.8 Å². The van der Waals surface area contributed by atoms with Crippen LogP contribution in [-0.4, -0.2) is 11.8 Å². The number of carbonyl (C=O) groups excluding carboxylic acids is 2. The fourth-order valence-electron chi connectivity index (χ4n) is 5.73. The molecule has 3 aromatic rings. The third-order valence-electron chi connectivity index (χ3n) is 6.80. The molecule has 2 atom stereocenters. The minimum absolute atomic E-state index is 0.0483. The third kappa shape index (κ3) is 1.79. The van der Waals surface area contributed by atoms with Gasteiger partial charge in [-0.05, 0) is 40.8 Å². The van der Waals surface area contributed by atoms with Crippen LogP contribution < -0.4 is 4.90 Å². The van der Waals surface area contributed by atoms with Crippen molar-refractivity contribution in [1.29, 1.82) is 0 Å². The highest BCUT2D eigenvalue weighted by molar-refractivity contribution is 6.23. The molecule has 3 aliphatic carbocycles. The van der Waals surface area contributed by atoms with E-state index in [0.717, 1.165) is 11.3 Å². The molecule has 28 heavy (non-hydrogen) atoms. The summed E-state index contributed by atoms with van der Waals surface area (Å²) in [6.07, 6.45) is 0. The van der Waals surface area contributed by atoms with Gasteiger partial charge in [0.1, 0.15) is 0 Å². The molecule has 1 fully saturated rings. The average molecular weight is 365 g/mol. The van der Waals surface area contributed by atoms with Crippen LogP contribution in [0.4, 0.5) is 5.69 Å². The molecular formula is C25H19NO2. The zero-order valence-corrected chi connectivity index (χ0v) is 15.5. The van der Waals surface area contributed by atoms with Gasteiger partial charge in [-0.15, -0.1) is 0 Å². The molecule has 1 saturated heterocycles. The predicted octanol–water partition coefficient (Wildman–Crippen LogP) is 4.39. The number of benzene rings is 3. The maximum absolute atomic E-state index is 13.6. The van der Waals surface area contributed by atoms with Crippen molar-refractivity contribution in [2.75, 3.05) is 4.90 Å². The highest BCUT2D eigenvalue weighted by Crippen LogP contribution is 2.61. The van der Waals surface area contributed by atoms with Gasteiger partial charge in [0.15, 0.2) is 0 Å². The van der Waals surface area contributed by atoms with Gasteiger partial charge in [-0.3, -0.25) is 9.59 Å². The summed E-state index contributed by atoms with van der Waals surface area (Å²) in [6, 6.07) is 24.3. The lowest BCUT2D eigenvalue weighted by Gasteiger charge is -2.45. The van der Waals surface area contributed by atoms with Gasteiger partial charge in [-0.25, -0.2) is 4.90 Å². The molecule has 0 spiro atoms. The minimum atomic E-state index is -0.318. The van der Waals surface area contributed by atoms with Crippen LogP contribution in [0.25, 0.3) is 0 Å². The van der Waals surface area contributed by atoms with Gasteiger partial charge in [0.2, 0.25) is 11.8 Å². The van der Waals surface area contributed by atoms with Crippen molar-refractivity contribution in [2.24, 2.45) is 11.8 Å². The van der Waals surface area contributed by atoms with Crippen molar-refractivity contribution >= 4 is 17.5 Å². The first kappa shape index (κ1) is 15.8. The van der Waals surface area contributed by atoms with Crippen molar-refractivity contribution in [1.82, 2.24) is 0 Å².